The summed E-state index contributed by atoms with van der Waals surface area (Å²) in [7, 11) is 0. The number of rotatable bonds is 0. The first-order chi connectivity index (χ1) is 8.45. The lowest BCUT2D eigenvalue weighted by molar-refractivity contribution is 0.418. The van der Waals surface area contributed by atoms with Gasteiger partial charge in [0.1, 0.15) is 0 Å². The second-order valence-electron chi connectivity index (χ2n) is 6.66. The lowest BCUT2D eigenvalue weighted by atomic mass is 9.95. The van der Waals surface area contributed by atoms with Crippen LogP contribution in [0.4, 0.5) is 0 Å². The second-order valence-corrected chi connectivity index (χ2v) is 6.66. The Morgan fingerprint density at radius 1 is 0.353 bits per heavy atom. The van der Waals surface area contributed by atoms with Gasteiger partial charge >= 0.3 is 0 Å². The van der Waals surface area contributed by atoms with Crippen molar-refractivity contribution in [2.75, 3.05) is 0 Å². The van der Waals surface area contributed by atoms with Gasteiger partial charge in [0.25, 0.3) is 0 Å². The Bertz CT molecular complexity index is 164. The van der Waals surface area contributed by atoms with Crippen molar-refractivity contribution < 1.29 is 0 Å². The monoisotopic (exact) mass is 236 g/mol. The summed E-state index contributed by atoms with van der Waals surface area (Å²) in [6.45, 7) is 0. The maximum atomic E-state index is 1.58. The highest BCUT2D eigenvalue weighted by Crippen LogP contribution is 2.37. The van der Waals surface area contributed by atoms with E-state index >= 15 is 0 Å². The van der Waals surface area contributed by atoms with Gasteiger partial charge in [-0.1, -0.05) is 89.9 Å². The molecular weight excluding hydrogens is 204 g/mol. The lowest BCUT2D eigenvalue weighted by Gasteiger charge is -2.11. The highest BCUT2D eigenvalue weighted by molar-refractivity contribution is 4.75. The largest absolute Gasteiger partial charge is 0.0533 e. The molecule has 2 saturated carbocycles. The molecule has 17 heavy (non-hydrogen) atoms. The Kier molecular flexibility index (Phi) is 6.45. The molecule has 2 bridgehead atoms. The molecule has 0 heterocycles. The first-order valence-electron chi connectivity index (χ1n) is 8.45. The Labute approximate surface area is 109 Å². The smallest absolute Gasteiger partial charge is 0.0412 e. The van der Waals surface area contributed by atoms with Crippen molar-refractivity contribution >= 4 is 0 Å². The van der Waals surface area contributed by atoms with E-state index in [0.717, 1.165) is 11.8 Å². The maximum Gasteiger partial charge on any atom is -0.0412 e. The molecule has 2 aliphatic carbocycles. The van der Waals surface area contributed by atoms with E-state index in [1.54, 1.807) is 32.1 Å². The summed E-state index contributed by atoms with van der Waals surface area (Å²) in [6, 6.07) is 0. The summed E-state index contributed by atoms with van der Waals surface area (Å²) in [6.07, 6.45) is 22.9. The van der Waals surface area contributed by atoms with E-state index in [9.17, 15) is 0 Å². The molecule has 0 aromatic carbocycles. The number of hydrogen-bond acceptors (Lipinski definition) is 0. The molecule has 0 amide bonds. The van der Waals surface area contributed by atoms with E-state index in [1.165, 1.54) is 64.2 Å². The molecule has 2 aliphatic rings. The molecule has 0 N–H and O–H groups in total. The first-order valence-corrected chi connectivity index (χ1v) is 8.45. The average Bonchev–Trinajstić information content (AvgIpc) is 2.77. The highest BCUT2D eigenvalue weighted by atomic mass is 14.3. The van der Waals surface area contributed by atoms with Crippen molar-refractivity contribution in [1.82, 2.24) is 0 Å². The van der Waals surface area contributed by atoms with Gasteiger partial charge in [0.2, 0.25) is 0 Å². The topological polar surface area (TPSA) is 0 Å². The van der Waals surface area contributed by atoms with E-state index in [4.69, 9.17) is 0 Å². The van der Waals surface area contributed by atoms with Crippen molar-refractivity contribution in [2.45, 2.75) is 96.3 Å². The van der Waals surface area contributed by atoms with Gasteiger partial charge in [-0.3, -0.25) is 0 Å². The standard InChI is InChI=1S/C17H32/c1-2-4-6-8-10-12-17-14-13-16(15-17)11-9-7-5-3-1/h16-17H,1-15H2. The van der Waals surface area contributed by atoms with Crippen molar-refractivity contribution in [3.63, 3.8) is 0 Å². The van der Waals surface area contributed by atoms with Gasteiger partial charge in [0.15, 0.2) is 0 Å². The minimum atomic E-state index is 1.12. The summed E-state index contributed by atoms with van der Waals surface area (Å²) in [4.78, 5) is 0. The van der Waals surface area contributed by atoms with Crippen molar-refractivity contribution in [3.05, 3.63) is 0 Å². The van der Waals surface area contributed by atoms with Crippen LogP contribution in [0, 0.1) is 11.8 Å². The molecule has 2 atom stereocenters. The van der Waals surface area contributed by atoms with Crippen LogP contribution in [0.1, 0.15) is 96.3 Å². The van der Waals surface area contributed by atoms with Crippen LogP contribution in [0.15, 0.2) is 0 Å². The quantitative estimate of drug-likeness (QED) is 0.477. The van der Waals surface area contributed by atoms with E-state index in [1.807, 2.05) is 0 Å². The third-order valence-corrected chi connectivity index (χ3v) is 5.12. The fourth-order valence-electron chi connectivity index (χ4n) is 3.98. The van der Waals surface area contributed by atoms with Crippen LogP contribution in [-0.4, -0.2) is 0 Å². The molecule has 0 nitrogen and oxygen atoms in total. The molecule has 0 aliphatic heterocycles. The van der Waals surface area contributed by atoms with Gasteiger partial charge in [-0.15, -0.1) is 0 Å². The van der Waals surface area contributed by atoms with Crippen LogP contribution < -0.4 is 0 Å². The molecule has 0 heteroatoms. The molecule has 0 aromatic heterocycles. The normalized spacial score (nSPS) is 33.9. The lowest BCUT2D eigenvalue weighted by Crippen LogP contribution is -1.97. The van der Waals surface area contributed by atoms with Crippen LogP contribution >= 0.6 is 0 Å². The zero-order valence-electron chi connectivity index (χ0n) is 11.8. The van der Waals surface area contributed by atoms with Crippen molar-refractivity contribution in [1.29, 1.82) is 0 Å². The molecule has 2 fully saturated rings. The third kappa shape index (κ3) is 5.44. The summed E-state index contributed by atoms with van der Waals surface area (Å²) < 4.78 is 0. The zero-order valence-corrected chi connectivity index (χ0v) is 11.8. The van der Waals surface area contributed by atoms with Crippen molar-refractivity contribution in [2.24, 2.45) is 11.8 Å². The molecule has 0 aromatic rings. The average molecular weight is 236 g/mol. The van der Waals surface area contributed by atoms with Crippen LogP contribution in [0.2, 0.25) is 0 Å². The number of hydrogen-bond donors (Lipinski definition) is 0. The molecule has 0 saturated heterocycles. The van der Waals surface area contributed by atoms with E-state index in [-0.39, 0.29) is 0 Å². The van der Waals surface area contributed by atoms with Crippen LogP contribution in [-0.2, 0) is 0 Å². The van der Waals surface area contributed by atoms with E-state index < -0.39 is 0 Å². The summed E-state index contributed by atoms with van der Waals surface area (Å²) in [5.74, 6) is 2.23. The number of fused-ring (bicyclic) bond motifs is 2. The summed E-state index contributed by atoms with van der Waals surface area (Å²) in [5, 5.41) is 0. The highest BCUT2D eigenvalue weighted by Gasteiger charge is 2.23. The van der Waals surface area contributed by atoms with E-state index in [2.05, 4.69) is 0 Å². The van der Waals surface area contributed by atoms with Gasteiger partial charge < -0.3 is 0 Å². The Morgan fingerprint density at radius 3 is 1.12 bits per heavy atom. The van der Waals surface area contributed by atoms with Crippen LogP contribution in [0.25, 0.3) is 0 Å². The second kappa shape index (κ2) is 8.16. The molecule has 0 spiro atoms. The summed E-state index contributed by atoms with van der Waals surface area (Å²) in [5.41, 5.74) is 0. The molecule has 0 radical (unpaired) electrons. The van der Waals surface area contributed by atoms with Gasteiger partial charge in [-0.05, 0) is 18.3 Å². The van der Waals surface area contributed by atoms with Gasteiger partial charge in [-0.25, -0.2) is 0 Å². The zero-order chi connectivity index (χ0) is 11.8. The van der Waals surface area contributed by atoms with Gasteiger partial charge in [0, 0.05) is 0 Å². The molecule has 100 valence electrons. The third-order valence-electron chi connectivity index (χ3n) is 5.12. The predicted octanol–water partition coefficient (Wildman–Crippen LogP) is 6.10. The maximum absolute atomic E-state index is 1.58. The Morgan fingerprint density at radius 2 is 0.706 bits per heavy atom. The van der Waals surface area contributed by atoms with Gasteiger partial charge in [0.05, 0.1) is 0 Å². The minimum Gasteiger partial charge on any atom is -0.0533 e. The summed E-state index contributed by atoms with van der Waals surface area (Å²) >= 11 is 0. The predicted molar refractivity (Wildman–Crippen MR) is 76.2 cm³/mol. The van der Waals surface area contributed by atoms with Crippen molar-refractivity contribution in [3.8, 4) is 0 Å². The van der Waals surface area contributed by atoms with Crippen LogP contribution in [0.5, 0.6) is 0 Å². The van der Waals surface area contributed by atoms with E-state index in [0.29, 0.717) is 0 Å². The molecular formula is C17H32. The SMILES string of the molecule is C1CCCCCCC2CCC(CCCCC1)C2. The first kappa shape index (κ1) is 13.4. The molecule has 2 unspecified atom stereocenters. The Balaban J connectivity index is 1.68. The minimum absolute atomic E-state index is 1.12. The fourth-order valence-corrected chi connectivity index (χ4v) is 3.98. The molecule has 2 rings (SSSR count). The van der Waals surface area contributed by atoms with Crippen LogP contribution in [0.3, 0.4) is 0 Å². The Hall–Kier alpha value is 0. The fraction of sp³-hybridized carbons (Fsp3) is 1.00. The van der Waals surface area contributed by atoms with Gasteiger partial charge in [-0.2, -0.15) is 0 Å².